The molecule has 0 amide bonds. The molecule has 0 saturated heterocycles. The van der Waals surface area contributed by atoms with E-state index in [1.807, 2.05) is 47.0 Å². The summed E-state index contributed by atoms with van der Waals surface area (Å²) in [5.74, 6) is 0. The van der Waals surface area contributed by atoms with Gasteiger partial charge in [-0.25, -0.2) is 0 Å². The van der Waals surface area contributed by atoms with Gasteiger partial charge in [0.15, 0.2) is 4.77 Å². The fourth-order valence-electron chi connectivity index (χ4n) is 1.95. The van der Waals surface area contributed by atoms with Gasteiger partial charge in [-0.1, -0.05) is 33.6 Å². The van der Waals surface area contributed by atoms with Crippen molar-refractivity contribution < 1.29 is 0 Å². The van der Waals surface area contributed by atoms with Crippen LogP contribution in [0.15, 0.2) is 46.9 Å². The minimum atomic E-state index is 0.639. The Bertz CT molecular complexity index is 774. The van der Waals surface area contributed by atoms with Crippen LogP contribution in [0.25, 0.3) is 16.7 Å². The number of aromatic nitrogens is 2. The number of rotatable bonds is 1. The second-order valence-electron chi connectivity index (χ2n) is 3.88. The fraction of sp³-hybridized carbons (Fsp3) is 0. The molecule has 1 aromatic heterocycles. The van der Waals surface area contributed by atoms with Gasteiger partial charge in [-0.05, 0) is 48.6 Å². The van der Waals surface area contributed by atoms with Gasteiger partial charge in [0.1, 0.15) is 0 Å². The molecule has 0 spiro atoms. The molecule has 18 heavy (non-hydrogen) atoms. The van der Waals surface area contributed by atoms with Crippen LogP contribution in [-0.2, 0) is 0 Å². The lowest BCUT2D eigenvalue weighted by Gasteiger charge is -2.05. The highest BCUT2D eigenvalue weighted by Crippen LogP contribution is 2.26. The second-order valence-corrected chi connectivity index (χ2v) is 5.59. The van der Waals surface area contributed by atoms with Gasteiger partial charge in [0.25, 0.3) is 0 Å². The molecule has 0 bridgehead atoms. The molecule has 3 aromatic rings. The predicted molar refractivity (Wildman–Crippen MR) is 81.2 cm³/mol. The fourth-order valence-corrected chi connectivity index (χ4v) is 2.78. The maximum atomic E-state index is 6.26. The number of H-pyrrole nitrogens is 1. The van der Waals surface area contributed by atoms with Gasteiger partial charge >= 0.3 is 0 Å². The molecular weight excluding hydrogens is 332 g/mol. The van der Waals surface area contributed by atoms with Gasteiger partial charge in [0.05, 0.1) is 16.1 Å². The highest BCUT2D eigenvalue weighted by molar-refractivity contribution is 9.10. The van der Waals surface area contributed by atoms with Crippen LogP contribution in [0.3, 0.4) is 0 Å². The number of nitrogens with one attached hydrogen (secondary N) is 1. The molecule has 0 unspecified atom stereocenters. The molecular formula is C13H8BrClN2S. The van der Waals surface area contributed by atoms with Gasteiger partial charge < -0.3 is 4.98 Å². The highest BCUT2D eigenvalue weighted by atomic mass is 79.9. The summed E-state index contributed by atoms with van der Waals surface area (Å²) >= 11 is 15.0. The summed E-state index contributed by atoms with van der Waals surface area (Å²) in [7, 11) is 0. The molecule has 1 N–H and O–H groups in total. The smallest absolute Gasteiger partial charge is 0.182 e. The second kappa shape index (κ2) is 4.53. The first-order valence-electron chi connectivity index (χ1n) is 5.32. The molecule has 3 rings (SSSR count). The van der Waals surface area contributed by atoms with Crippen LogP contribution in [0.4, 0.5) is 0 Å². The number of hydrogen-bond donors (Lipinski definition) is 1. The Hall–Kier alpha value is -1.10. The molecule has 5 heteroatoms. The molecule has 0 fully saturated rings. The van der Waals surface area contributed by atoms with Gasteiger partial charge in [-0.2, -0.15) is 0 Å². The molecule has 0 atom stereocenters. The van der Waals surface area contributed by atoms with E-state index in [-0.39, 0.29) is 0 Å². The Morgan fingerprint density at radius 1 is 1.11 bits per heavy atom. The van der Waals surface area contributed by atoms with Gasteiger partial charge in [-0.3, -0.25) is 4.57 Å². The third kappa shape index (κ3) is 1.90. The van der Waals surface area contributed by atoms with E-state index < -0.39 is 0 Å². The summed E-state index contributed by atoms with van der Waals surface area (Å²) < 4.78 is 3.61. The van der Waals surface area contributed by atoms with Crippen LogP contribution >= 0.6 is 39.7 Å². The Labute approximate surface area is 122 Å². The zero-order chi connectivity index (χ0) is 12.7. The van der Waals surface area contributed by atoms with Crippen molar-refractivity contribution in [3.8, 4) is 5.69 Å². The first-order chi connectivity index (χ1) is 8.66. The Morgan fingerprint density at radius 2 is 1.83 bits per heavy atom. The third-order valence-corrected chi connectivity index (χ3v) is 3.86. The molecule has 2 aromatic carbocycles. The lowest BCUT2D eigenvalue weighted by molar-refractivity contribution is 1.06. The normalized spacial score (nSPS) is 11.0. The number of fused-ring (bicyclic) bond motifs is 1. The van der Waals surface area contributed by atoms with Crippen molar-refractivity contribution in [1.29, 1.82) is 0 Å². The number of benzene rings is 2. The quantitative estimate of drug-likeness (QED) is 0.611. The summed E-state index contributed by atoms with van der Waals surface area (Å²) in [6.45, 7) is 0. The molecule has 0 aliphatic heterocycles. The number of aromatic amines is 1. The number of halogens is 2. The Morgan fingerprint density at radius 3 is 2.56 bits per heavy atom. The average molecular weight is 340 g/mol. The van der Waals surface area contributed by atoms with E-state index in [0.717, 1.165) is 21.2 Å². The predicted octanol–water partition coefficient (Wildman–Crippen LogP) is 5.10. The van der Waals surface area contributed by atoms with Crippen LogP contribution in [0.5, 0.6) is 0 Å². The van der Waals surface area contributed by atoms with Crippen LogP contribution in [-0.4, -0.2) is 9.55 Å². The molecule has 2 nitrogen and oxygen atoms in total. The van der Waals surface area contributed by atoms with E-state index in [0.29, 0.717) is 9.79 Å². The SMILES string of the molecule is S=c1[nH]c2cccc(Cl)c2n1-c1ccc(Br)cc1. The number of nitrogens with zero attached hydrogens (tertiary/aromatic N) is 1. The van der Waals surface area contributed by atoms with E-state index in [9.17, 15) is 0 Å². The summed E-state index contributed by atoms with van der Waals surface area (Å²) in [6, 6.07) is 13.7. The minimum Gasteiger partial charge on any atom is -0.330 e. The van der Waals surface area contributed by atoms with Crippen LogP contribution in [0.2, 0.25) is 5.02 Å². The minimum absolute atomic E-state index is 0.639. The van der Waals surface area contributed by atoms with Crippen LogP contribution < -0.4 is 0 Å². The Balaban J connectivity index is 2.38. The Kier molecular flexibility index (Phi) is 3.01. The largest absolute Gasteiger partial charge is 0.330 e. The van der Waals surface area contributed by atoms with Crippen molar-refractivity contribution in [1.82, 2.24) is 9.55 Å². The van der Waals surface area contributed by atoms with Gasteiger partial charge in [0.2, 0.25) is 0 Å². The highest BCUT2D eigenvalue weighted by Gasteiger charge is 2.09. The molecule has 0 radical (unpaired) electrons. The van der Waals surface area contributed by atoms with Crippen molar-refractivity contribution in [2.45, 2.75) is 0 Å². The zero-order valence-electron chi connectivity index (χ0n) is 9.15. The number of hydrogen-bond acceptors (Lipinski definition) is 1. The molecule has 0 aliphatic carbocycles. The van der Waals surface area contributed by atoms with Crippen LogP contribution in [0.1, 0.15) is 0 Å². The van der Waals surface area contributed by atoms with E-state index >= 15 is 0 Å². The summed E-state index contributed by atoms with van der Waals surface area (Å²) in [5, 5.41) is 0.683. The average Bonchev–Trinajstić information content (AvgIpc) is 2.68. The first kappa shape index (κ1) is 12.0. The summed E-state index contributed by atoms with van der Waals surface area (Å²) in [6.07, 6.45) is 0. The maximum absolute atomic E-state index is 6.26. The van der Waals surface area contributed by atoms with E-state index in [1.165, 1.54) is 0 Å². The summed E-state index contributed by atoms with van der Waals surface area (Å²) in [4.78, 5) is 3.16. The van der Waals surface area contributed by atoms with Crippen LogP contribution in [0, 0.1) is 4.77 Å². The molecule has 1 heterocycles. The zero-order valence-corrected chi connectivity index (χ0v) is 12.3. The standard InChI is InChI=1S/C13H8BrClN2S/c14-8-4-6-9(7-5-8)17-12-10(15)2-1-3-11(12)16-13(17)18/h1-7H,(H,16,18). The lowest BCUT2D eigenvalue weighted by Crippen LogP contribution is -1.93. The van der Waals surface area contributed by atoms with Crippen molar-refractivity contribution in [3.05, 3.63) is 56.7 Å². The number of imidazole rings is 1. The summed E-state index contributed by atoms with van der Waals surface area (Å²) in [5.41, 5.74) is 2.84. The van der Waals surface area contributed by atoms with E-state index in [1.54, 1.807) is 0 Å². The number of para-hydroxylation sites is 1. The first-order valence-corrected chi connectivity index (χ1v) is 6.90. The van der Waals surface area contributed by atoms with Crippen molar-refractivity contribution >= 4 is 50.8 Å². The molecule has 90 valence electrons. The van der Waals surface area contributed by atoms with Crippen molar-refractivity contribution in [3.63, 3.8) is 0 Å². The van der Waals surface area contributed by atoms with Gasteiger partial charge in [-0.15, -0.1) is 0 Å². The lowest BCUT2D eigenvalue weighted by atomic mass is 10.3. The topological polar surface area (TPSA) is 20.7 Å². The van der Waals surface area contributed by atoms with Crippen molar-refractivity contribution in [2.75, 3.05) is 0 Å². The molecule has 0 aliphatic rings. The van der Waals surface area contributed by atoms with E-state index in [2.05, 4.69) is 20.9 Å². The third-order valence-electron chi connectivity index (χ3n) is 2.74. The van der Waals surface area contributed by atoms with Gasteiger partial charge in [0, 0.05) is 10.2 Å². The van der Waals surface area contributed by atoms with Crippen molar-refractivity contribution in [2.24, 2.45) is 0 Å². The monoisotopic (exact) mass is 338 g/mol. The maximum Gasteiger partial charge on any atom is 0.182 e. The van der Waals surface area contributed by atoms with E-state index in [4.69, 9.17) is 23.8 Å². The molecule has 0 saturated carbocycles.